The molecule has 0 amide bonds. The highest BCUT2D eigenvalue weighted by molar-refractivity contribution is 5.46. The predicted octanol–water partition coefficient (Wildman–Crippen LogP) is 3.00. The number of anilines is 1. The molecule has 1 aromatic rings. The maximum Gasteiger partial charge on any atom is 0.0749 e. The van der Waals surface area contributed by atoms with Gasteiger partial charge in [0, 0.05) is 25.9 Å². The summed E-state index contributed by atoms with van der Waals surface area (Å²) in [6.07, 6.45) is 4.16. The minimum absolute atomic E-state index is 0.417. The average Bonchev–Trinajstić information content (AvgIpc) is 2.31. The van der Waals surface area contributed by atoms with Crippen LogP contribution in [0.15, 0.2) is 24.3 Å². The van der Waals surface area contributed by atoms with Crippen LogP contribution in [0.25, 0.3) is 0 Å². The van der Waals surface area contributed by atoms with E-state index < -0.39 is 0 Å². The molecule has 0 spiro atoms. The zero-order chi connectivity index (χ0) is 11.4. The number of benzene rings is 1. The molecule has 0 aromatic heterocycles. The fourth-order valence-electron chi connectivity index (χ4n) is 2.16. The Bertz CT molecular complexity index is 314. The minimum atomic E-state index is 0.417. The summed E-state index contributed by atoms with van der Waals surface area (Å²) in [5.41, 5.74) is 2.59. The van der Waals surface area contributed by atoms with Crippen LogP contribution >= 0.6 is 0 Å². The molecule has 2 nitrogen and oxygen atoms in total. The van der Waals surface area contributed by atoms with Crippen molar-refractivity contribution in [2.75, 3.05) is 25.1 Å². The van der Waals surface area contributed by atoms with Crippen LogP contribution in [0.4, 0.5) is 5.69 Å². The summed E-state index contributed by atoms with van der Waals surface area (Å²) in [5.74, 6) is 0. The van der Waals surface area contributed by atoms with Crippen LogP contribution in [0.3, 0.4) is 0 Å². The fourth-order valence-corrected chi connectivity index (χ4v) is 2.16. The lowest BCUT2D eigenvalue weighted by Crippen LogP contribution is -2.33. The van der Waals surface area contributed by atoms with Gasteiger partial charge in [-0.25, -0.2) is 0 Å². The topological polar surface area (TPSA) is 12.5 Å². The van der Waals surface area contributed by atoms with Gasteiger partial charge in [-0.3, -0.25) is 0 Å². The Morgan fingerprint density at radius 2 is 2.00 bits per heavy atom. The van der Waals surface area contributed by atoms with E-state index in [0.717, 1.165) is 13.2 Å². The van der Waals surface area contributed by atoms with Crippen molar-refractivity contribution in [3.05, 3.63) is 29.8 Å². The van der Waals surface area contributed by atoms with Gasteiger partial charge >= 0.3 is 0 Å². The number of aryl methyl sites for hydroxylation is 1. The SMILES string of the molecule is Cc1ccc(N(C)CC2CCCCO2)cc1. The number of rotatable bonds is 3. The van der Waals surface area contributed by atoms with Crippen LogP contribution in [-0.2, 0) is 4.74 Å². The van der Waals surface area contributed by atoms with Crippen LogP contribution in [-0.4, -0.2) is 26.3 Å². The molecule has 1 atom stereocenters. The first-order chi connectivity index (χ1) is 7.75. The zero-order valence-corrected chi connectivity index (χ0v) is 10.3. The molecule has 0 bridgehead atoms. The first-order valence-electron chi connectivity index (χ1n) is 6.15. The third-order valence-corrected chi connectivity index (χ3v) is 3.23. The van der Waals surface area contributed by atoms with E-state index in [-0.39, 0.29) is 0 Å². The van der Waals surface area contributed by atoms with E-state index in [4.69, 9.17) is 4.74 Å². The molecule has 1 unspecified atom stereocenters. The number of hydrogen-bond donors (Lipinski definition) is 0. The van der Waals surface area contributed by atoms with Crippen LogP contribution in [0.1, 0.15) is 24.8 Å². The summed E-state index contributed by atoms with van der Waals surface area (Å²) in [7, 11) is 2.14. The first kappa shape index (κ1) is 11.5. The van der Waals surface area contributed by atoms with Gasteiger partial charge in [-0.05, 0) is 38.3 Å². The Kier molecular flexibility index (Phi) is 3.83. The zero-order valence-electron chi connectivity index (χ0n) is 10.3. The normalized spacial score (nSPS) is 20.8. The highest BCUT2D eigenvalue weighted by Crippen LogP contribution is 2.18. The Hall–Kier alpha value is -1.02. The molecule has 1 fully saturated rings. The van der Waals surface area contributed by atoms with Gasteiger partial charge in [0.2, 0.25) is 0 Å². The molecule has 1 heterocycles. The second kappa shape index (κ2) is 5.35. The van der Waals surface area contributed by atoms with E-state index >= 15 is 0 Å². The molecule has 0 radical (unpaired) electrons. The number of hydrogen-bond acceptors (Lipinski definition) is 2. The van der Waals surface area contributed by atoms with Crippen molar-refractivity contribution in [2.24, 2.45) is 0 Å². The Balaban J connectivity index is 1.91. The van der Waals surface area contributed by atoms with Crippen molar-refractivity contribution >= 4 is 5.69 Å². The van der Waals surface area contributed by atoms with Crippen LogP contribution in [0, 0.1) is 6.92 Å². The maximum absolute atomic E-state index is 5.75. The number of nitrogens with zero attached hydrogens (tertiary/aromatic N) is 1. The molecule has 1 aromatic carbocycles. The molecule has 1 saturated heterocycles. The summed E-state index contributed by atoms with van der Waals surface area (Å²) in [4.78, 5) is 2.29. The van der Waals surface area contributed by atoms with Gasteiger partial charge in [0.1, 0.15) is 0 Å². The Labute approximate surface area is 98.2 Å². The molecule has 0 aliphatic carbocycles. The van der Waals surface area contributed by atoms with Gasteiger partial charge in [-0.15, -0.1) is 0 Å². The van der Waals surface area contributed by atoms with Crippen LogP contribution in [0.2, 0.25) is 0 Å². The number of likely N-dealkylation sites (N-methyl/N-ethyl adjacent to an activating group) is 1. The highest BCUT2D eigenvalue weighted by atomic mass is 16.5. The summed E-state index contributed by atoms with van der Waals surface area (Å²) in [6, 6.07) is 8.68. The summed E-state index contributed by atoms with van der Waals surface area (Å²) >= 11 is 0. The molecule has 1 aliphatic heterocycles. The Morgan fingerprint density at radius 3 is 2.62 bits per heavy atom. The van der Waals surface area contributed by atoms with Gasteiger partial charge in [-0.1, -0.05) is 17.7 Å². The fraction of sp³-hybridized carbons (Fsp3) is 0.571. The van der Waals surface area contributed by atoms with Gasteiger partial charge in [0.25, 0.3) is 0 Å². The van der Waals surface area contributed by atoms with E-state index in [9.17, 15) is 0 Å². The van der Waals surface area contributed by atoms with E-state index in [0.29, 0.717) is 6.10 Å². The highest BCUT2D eigenvalue weighted by Gasteiger charge is 2.15. The van der Waals surface area contributed by atoms with Crippen molar-refractivity contribution in [1.29, 1.82) is 0 Å². The van der Waals surface area contributed by atoms with E-state index in [1.54, 1.807) is 0 Å². The summed E-state index contributed by atoms with van der Waals surface area (Å²) < 4.78 is 5.75. The van der Waals surface area contributed by atoms with Crippen LogP contribution < -0.4 is 4.90 Å². The first-order valence-corrected chi connectivity index (χ1v) is 6.15. The Morgan fingerprint density at radius 1 is 1.25 bits per heavy atom. The maximum atomic E-state index is 5.75. The lowest BCUT2D eigenvalue weighted by molar-refractivity contribution is 0.0216. The molecule has 0 N–H and O–H groups in total. The lowest BCUT2D eigenvalue weighted by Gasteiger charge is -2.28. The summed E-state index contributed by atoms with van der Waals surface area (Å²) in [5, 5.41) is 0. The molecule has 1 aliphatic rings. The molecule has 0 saturated carbocycles. The molecular weight excluding hydrogens is 198 g/mol. The van der Waals surface area contributed by atoms with E-state index in [2.05, 4.69) is 43.1 Å². The van der Waals surface area contributed by atoms with Crippen molar-refractivity contribution < 1.29 is 4.74 Å². The average molecular weight is 219 g/mol. The second-order valence-electron chi connectivity index (χ2n) is 4.70. The predicted molar refractivity (Wildman–Crippen MR) is 68.0 cm³/mol. The minimum Gasteiger partial charge on any atom is -0.376 e. The molecular formula is C14H21NO. The molecule has 2 heteroatoms. The smallest absolute Gasteiger partial charge is 0.0749 e. The van der Waals surface area contributed by atoms with E-state index in [1.165, 1.54) is 30.5 Å². The van der Waals surface area contributed by atoms with Gasteiger partial charge in [0.05, 0.1) is 6.10 Å². The van der Waals surface area contributed by atoms with Crippen molar-refractivity contribution in [3.63, 3.8) is 0 Å². The molecule has 2 rings (SSSR count). The van der Waals surface area contributed by atoms with Crippen molar-refractivity contribution in [2.45, 2.75) is 32.3 Å². The third kappa shape index (κ3) is 2.99. The van der Waals surface area contributed by atoms with E-state index in [1.807, 2.05) is 0 Å². The standard InChI is InChI=1S/C14H21NO/c1-12-6-8-13(9-7-12)15(2)11-14-5-3-4-10-16-14/h6-9,14H,3-5,10-11H2,1-2H3. The quantitative estimate of drug-likeness (QED) is 0.775. The van der Waals surface area contributed by atoms with Crippen molar-refractivity contribution in [1.82, 2.24) is 0 Å². The largest absolute Gasteiger partial charge is 0.376 e. The van der Waals surface area contributed by atoms with Gasteiger partial charge in [0.15, 0.2) is 0 Å². The molecule has 16 heavy (non-hydrogen) atoms. The van der Waals surface area contributed by atoms with Crippen molar-refractivity contribution in [3.8, 4) is 0 Å². The summed E-state index contributed by atoms with van der Waals surface area (Å²) in [6.45, 7) is 4.06. The number of ether oxygens (including phenoxy) is 1. The second-order valence-corrected chi connectivity index (χ2v) is 4.70. The van der Waals surface area contributed by atoms with Gasteiger partial charge in [-0.2, -0.15) is 0 Å². The lowest BCUT2D eigenvalue weighted by atomic mass is 10.1. The monoisotopic (exact) mass is 219 g/mol. The van der Waals surface area contributed by atoms with Gasteiger partial charge < -0.3 is 9.64 Å². The molecule has 88 valence electrons. The van der Waals surface area contributed by atoms with Crippen LogP contribution in [0.5, 0.6) is 0 Å². The third-order valence-electron chi connectivity index (χ3n) is 3.23.